The van der Waals surface area contributed by atoms with Crippen LogP contribution in [0.25, 0.3) is 0 Å². The summed E-state index contributed by atoms with van der Waals surface area (Å²) in [5.74, 6) is -0.945. The molecule has 0 aliphatic rings. The van der Waals surface area contributed by atoms with Crippen LogP contribution in [0.5, 0.6) is 0 Å². The number of amides is 2. The zero-order chi connectivity index (χ0) is 17.5. The molecule has 1 aromatic carbocycles. The molecule has 0 aliphatic heterocycles. The molecular formula is C14H11ClN4O4S. The lowest BCUT2D eigenvalue weighted by molar-refractivity contribution is -0.380. The van der Waals surface area contributed by atoms with E-state index in [4.69, 9.17) is 11.6 Å². The molecule has 0 fully saturated rings. The molecule has 0 aliphatic carbocycles. The summed E-state index contributed by atoms with van der Waals surface area (Å²) in [5.41, 5.74) is 2.59. The van der Waals surface area contributed by atoms with E-state index in [0.717, 1.165) is 11.3 Å². The molecule has 10 heteroatoms. The van der Waals surface area contributed by atoms with Crippen molar-refractivity contribution in [2.75, 3.05) is 6.54 Å². The highest BCUT2D eigenvalue weighted by Gasteiger charge is 2.09. The second-order valence-corrected chi connectivity index (χ2v) is 5.95. The molecule has 0 bridgehead atoms. The van der Waals surface area contributed by atoms with Crippen LogP contribution in [-0.2, 0) is 4.79 Å². The van der Waals surface area contributed by atoms with Gasteiger partial charge < -0.3 is 5.32 Å². The first kappa shape index (κ1) is 17.6. The number of carbonyl (C=O) groups is 2. The molecule has 0 radical (unpaired) electrons. The molecule has 1 aromatic heterocycles. The summed E-state index contributed by atoms with van der Waals surface area (Å²) in [6, 6.07) is 9.08. The molecule has 2 rings (SSSR count). The molecule has 2 N–H and O–H groups in total. The van der Waals surface area contributed by atoms with Crippen LogP contribution in [0, 0.1) is 10.1 Å². The molecule has 24 heavy (non-hydrogen) atoms. The van der Waals surface area contributed by atoms with Gasteiger partial charge in [0.2, 0.25) is 0 Å². The van der Waals surface area contributed by atoms with E-state index >= 15 is 0 Å². The first-order valence-corrected chi connectivity index (χ1v) is 7.75. The summed E-state index contributed by atoms with van der Waals surface area (Å²) in [6.45, 7) is -0.261. The number of thiophene rings is 1. The van der Waals surface area contributed by atoms with E-state index in [9.17, 15) is 19.7 Å². The van der Waals surface area contributed by atoms with Crippen molar-refractivity contribution >= 4 is 46.0 Å². The smallest absolute Gasteiger partial charge is 0.324 e. The summed E-state index contributed by atoms with van der Waals surface area (Å²) in [5, 5.41) is 17.1. The monoisotopic (exact) mass is 366 g/mol. The Hall–Kier alpha value is -2.78. The molecule has 124 valence electrons. The van der Waals surface area contributed by atoms with E-state index < -0.39 is 16.7 Å². The van der Waals surface area contributed by atoms with E-state index in [-0.39, 0.29) is 11.5 Å². The third-order valence-electron chi connectivity index (χ3n) is 2.69. The van der Waals surface area contributed by atoms with Crippen molar-refractivity contribution in [2.45, 2.75) is 0 Å². The van der Waals surface area contributed by atoms with Crippen molar-refractivity contribution in [3.8, 4) is 0 Å². The summed E-state index contributed by atoms with van der Waals surface area (Å²) < 4.78 is 0. The normalized spacial score (nSPS) is 10.5. The first-order valence-electron chi connectivity index (χ1n) is 6.55. The summed E-state index contributed by atoms with van der Waals surface area (Å²) >= 11 is 6.65. The maximum atomic E-state index is 11.8. The number of hydrogen-bond donors (Lipinski definition) is 2. The van der Waals surface area contributed by atoms with Gasteiger partial charge in [0.25, 0.3) is 11.8 Å². The highest BCUT2D eigenvalue weighted by molar-refractivity contribution is 7.16. The number of nitrogens with zero attached hydrogens (tertiary/aromatic N) is 2. The fraction of sp³-hybridized carbons (Fsp3) is 0.0714. The molecule has 2 amide bonds. The highest BCUT2D eigenvalue weighted by atomic mass is 35.5. The van der Waals surface area contributed by atoms with Crippen molar-refractivity contribution in [3.05, 3.63) is 62.0 Å². The van der Waals surface area contributed by atoms with Gasteiger partial charge in [-0.2, -0.15) is 5.10 Å². The Morgan fingerprint density at radius 1 is 1.25 bits per heavy atom. The molecule has 0 saturated carbocycles. The molecule has 0 saturated heterocycles. The molecule has 1 heterocycles. The number of nitrogens with one attached hydrogen (secondary N) is 2. The number of nitro groups is 1. The van der Waals surface area contributed by atoms with Crippen LogP contribution >= 0.6 is 22.9 Å². The van der Waals surface area contributed by atoms with Gasteiger partial charge >= 0.3 is 5.00 Å². The molecule has 8 nitrogen and oxygen atoms in total. The zero-order valence-corrected chi connectivity index (χ0v) is 13.6. The predicted molar refractivity (Wildman–Crippen MR) is 90.5 cm³/mol. The Morgan fingerprint density at radius 3 is 2.58 bits per heavy atom. The third-order valence-corrected chi connectivity index (χ3v) is 3.91. The third kappa shape index (κ3) is 5.14. The molecule has 2 aromatic rings. The Morgan fingerprint density at radius 2 is 1.96 bits per heavy atom. The topological polar surface area (TPSA) is 114 Å². The number of carbonyl (C=O) groups excluding carboxylic acids is 2. The van der Waals surface area contributed by atoms with Gasteiger partial charge in [-0.05, 0) is 30.3 Å². The average molecular weight is 367 g/mol. The van der Waals surface area contributed by atoms with E-state index in [1.807, 2.05) is 0 Å². The zero-order valence-electron chi connectivity index (χ0n) is 12.1. The van der Waals surface area contributed by atoms with E-state index in [1.54, 1.807) is 12.1 Å². The maximum Gasteiger partial charge on any atom is 0.324 e. The van der Waals surface area contributed by atoms with Crippen LogP contribution in [0.2, 0.25) is 5.02 Å². The lowest BCUT2D eigenvalue weighted by Crippen LogP contribution is -2.34. The van der Waals surface area contributed by atoms with Gasteiger partial charge in [0.05, 0.1) is 22.6 Å². The summed E-state index contributed by atoms with van der Waals surface area (Å²) in [6.07, 6.45) is 1.29. The number of benzene rings is 1. The lowest BCUT2D eigenvalue weighted by Gasteiger charge is -2.04. The Bertz CT molecular complexity index is 788. The molecule has 0 unspecified atom stereocenters. The second kappa shape index (κ2) is 8.18. The Kier molecular flexibility index (Phi) is 5.99. The standard InChI is InChI=1S/C14H11ClN4O4S/c15-10-3-1-9(2-4-10)14(21)16-8-12(20)18-17-7-11-5-6-13(24-11)19(22)23/h1-7H,8H2,(H,16,21)(H,18,20). The van der Waals surface area contributed by atoms with Gasteiger partial charge in [0.1, 0.15) is 0 Å². The van der Waals surface area contributed by atoms with Crippen LogP contribution in [0.1, 0.15) is 15.2 Å². The number of hydrazone groups is 1. The number of rotatable bonds is 6. The van der Waals surface area contributed by atoms with Crippen LogP contribution < -0.4 is 10.7 Å². The highest BCUT2D eigenvalue weighted by Crippen LogP contribution is 2.22. The number of hydrogen-bond acceptors (Lipinski definition) is 6. The minimum atomic E-state index is -0.528. The quantitative estimate of drug-likeness (QED) is 0.463. The van der Waals surface area contributed by atoms with E-state index in [1.165, 1.54) is 30.5 Å². The fourth-order valence-corrected chi connectivity index (χ4v) is 2.40. The fourth-order valence-electron chi connectivity index (χ4n) is 1.58. The van der Waals surface area contributed by atoms with Crippen molar-refractivity contribution in [2.24, 2.45) is 5.10 Å². The lowest BCUT2D eigenvalue weighted by atomic mass is 10.2. The van der Waals surface area contributed by atoms with Crippen LogP contribution in [-0.4, -0.2) is 29.5 Å². The summed E-state index contributed by atoms with van der Waals surface area (Å²) in [4.78, 5) is 33.9. The van der Waals surface area contributed by atoms with Gasteiger partial charge in [-0.15, -0.1) is 0 Å². The second-order valence-electron chi connectivity index (χ2n) is 4.42. The minimum absolute atomic E-state index is 0.0157. The van der Waals surface area contributed by atoms with Crippen LogP contribution in [0.3, 0.4) is 0 Å². The van der Waals surface area contributed by atoms with E-state index in [2.05, 4.69) is 15.8 Å². The van der Waals surface area contributed by atoms with Crippen LogP contribution in [0.4, 0.5) is 5.00 Å². The van der Waals surface area contributed by atoms with Gasteiger partial charge in [-0.25, -0.2) is 5.43 Å². The average Bonchev–Trinajstić information content (AvgIpc) is 3.02. The minimum Gasteiger partial charge on any atom is -0.343 e. The first-order chi connectivity index (χ1) is 11.5. The van der Waals surface area contributed by atoms with Crippen molar-refractivity contribution in [1.29, 1.82) is 0 Å². The van der Waals surface area contributed by atoms with Crippen molar-refractivity contribution in [3.63, 3.8) is 0 Å². The van der Waals surface area contributed by atoms with Crippen molar-refractivity contribution in [1.82, 2.24) is 10.7 Å². The molecular weight excluding hydrogens is 356 g/mol. The molecule has 0 atom stereocenters. The number of halogens is 1. The molecule has 0 spiro atoms. The van der Waals surface area contributed by atoms with Crippen molar-refractivity contribution < 1.29 is 14.5 Å². The van der Waals surface area contributed by atoms with Gasteiger partial charge in [0, 0.05) is 16.7 Å². The van der Waals surface area contributed by atoms with E-state index in [0.29, 0.717) is 15.5 Å². The van der Waals surface area contributed by atoms with Gasteiger partial charge in [0.15, 0.2) is 0 Å². The largest absolute Gasteiger partial charge is 0.343 e. The van der Waals surface area contributed by atoms with Gasteiger partial charge in [-0.3, -0.25) is 19.7 Å². The maximum absolute atomic E-state index is 11.8. The summed E-state index contributed by atoms with van der Waals surface area (Å²) in [7, 11) is 0. The SMILES string of the molecule is O=C(CNC(=O)c1ccc(Cl)cc1)NN=Cc1ccc([N+](=O)[O-])s1. The van der Waals surface area contributed by atoms with Gasteiger partial charge in [-0.1, -0.05) is 22.9 Å². The predicted octanol–water partition coefficient (Wildman–Crippen LogP) is 2.19. The Balaban J connectivity index is 1.78. The Labute approximate surface area is 145 Å². The van der Waals surface area contributed by atoms with Crippen LogP contribution in [0.15, 0.2) is 41.5 Å².